The molecular weight excluding hydrogens is 430 g/mol. The van der Waals surface area contributed by atoms with Crippen LogP contribution in [0.25, 0.3) is 0 Å². The van der Waals surface area contributed by atoms with Crippen molar-refractivity contribution >= 4 is 39.5 Å². The maximum absolute atomic E-state index is 12.9. The molecule has 0 saturated heterocycles. The quantitative estimate of drug-likeness (QED) is 0.416. The zero-order valence-corrected chi connectivity index (χ0v) is 17.8. The van der Waals surface area contributed by atoms with E-state index in [1.807, 2.05) is 30.5 Å². The molecule has 1 aromatic heterocycles. The minimum Gasteiger partial charge on any atom is -0.460 e. The first kappa shape index (κ1) is 19.7. The Hall–Kier alpha value is -2.06. The van der Waals surface area contributed by atoms with E-state index >= 15 is 0 Å². The van der Waals surface area contributed by atoms with Crippen molar-refractivity contribution in [1.29, 1.82) is 0 Å². The van der Waals surface area contributed by atoms with Gasteiger partial charge in [-0.1, -0.05) is 39.8 Å². The van der Waals surface area contributed by atoms with Gasteiger partial charge in [0.1, 0.15) is 5.82 Å². The summed E-state index contributed by atoms with van der Waals surface area (Å²) in [6, 6.07) is 7.56. The van der Waals surface area contributed by atoms with Gasteiger partial charge in [0.2, 0.25) is 0 Å². The highest BCUT2D eigenvalue weighted by Crippen LogP contribution is 2.40. The van der Waals surface area contributed by atoms with E-state index in [1.165, 1.54) is 11.8 Å². The van der Waals surface area contributed by atoms with E-state index in [1.54, 1.807) is 20.8 Å². The predicted octanol–water partition coefficient (Wildman–Crippen LogP) is 4.04. The van der Waals surface area contributed by atoms with Gasteiger partial charge >= 0.3 is 5.97 Å². The maximum atomic E-state index is 12.9. The molecule has 1 aromatic carbocycles. The van der Waals surface area contributed by atoms with Crippen molar-refractivity contribution < 1.29 is 9.53 Å². The van der Waals surface area contributed by atoms with Gasteiger partial charge in [0.05, 0.1) is 23.2 Å². The van der Waals surface area contributed by atoms with Crippen molar-refractivity contribution in [2.45, 2.75) is 37.9 Å². The summed E-state index contributed by atoms with van der Waals surface area (Å²) in [5.41, 5.74) is 1.99. The molecule has 0 saturated carbocycles. The average molecular weight is 450 g/mol. The van der Waals surface area contributed by atoms with E-state index in [-0.39, 0.29) is 11.7 Å². The highest BCUT2D eigenvalue weighted by molar-refractivity contribution is 9.10. The fraction of sp³-hybridized carbons (Fsp3) is 0.316. The highest BCUT2D eigenvalue weighted by Gasteiger charge is 2.36. The third-order valence-electron chi connectivity index (χ3n) is 4.16. The van der Waals surface area contributed by atoms with Crippen LogP contribution in [0.4, 0.5) is 5.82 Å². The van der Waals surface area contributed by atoms with Gasteiger partial charge in [-0.05, 0) is 44.7 Å². The molecule has 2 heterocycles. The number of aromatic nitrogens is 2. The summed E-state index contributed by atoms with van der Waals surface area (Å²) < 4.78 is 6.32. The molecule has 2 aromatic rings. The molecule has 0 amide bonds. The number of benzene rings is 1. The summed E-state index contributed by atoms with van der Waals surface area (Å²) in [7, 11) is 0. The van der Waals surface area contributed by atoms with Gasteiger partial charge in [-0.25, -0.2) is 9.78 Å². The summed E-state index contributed by atoms with van der Waals surface area (Å²) in [5, 5.41) is 3.63. The van der Waals surface area contributed by atoms with Crippen LogP contribution in [-0.4, -0.2) is 28.3 Å². The number of hydrogen-bond donors (Lipinski definition) is 2. The minimum absolute atomic E-state index is 0.266. The number of halogens is 1. The Kier molecular flexibility index (Phi) is 5.76. The number of esters is 1. The number of H-pyrrole nitrogens is 1. The fourth-order valence-electron chi connectivity index (χ4n) is 3.10. The molecule has 6 nitrogen and oxygen atoms in total. The second kappa shape index (κ2) is 7.90. The average Bonchev–Trinajstić information content (AvgIpc) is 2.59. The van der Waals surface area contributed by atoms with Crippen LogP contribution >= 0.6 is 27.7 Å². The molecule has 0 aliphatic carbocycles. The summed E-state index contributed by atoms with van der Waals surface area (Å²) in [4.78, 5) is 33.0. The number of anilines is 1. The van der Waals surface area contributed by atoms with Gasteiger partial charge in [0.15, 0.2) is 5.16 Å². The molecule has 1 aliphatic rings. The highest BCUT2D eigenvalue weighted by atomic mass is 79.9. The minimum atomic E-state index is -0.572. The standard InChI is InChI=1S/C19H20BrN3O3S/c1-9(2)26-18(25)13-10(3)21-16-15(17(24)23-19(22-16)27-4)14(13)11-6-5-7-12(20)8-11/h5-9,14H,1-4H3,(H2,21,22,23,24). The zero-order valence-electron chi connectivity index (χ0n) is 15.4. The first-order valence-corrected chi connectivity index (χ1v) is 10.5. The predicted molar refractivity (Wildman–Crippen MR) is 110 cm³/mol. The Morgan fingerprint density at radius 2 is 2.11 bits per heavy atom. The van der Waals surface area contributed by atoms with Crippen molar-refractivity contribution in [3.8, 4) is 0 Å². The van der Waals surface area contributed by atoms with Gasteiger partial charge in [-0.2, -0.15) is 0 Å². The number of aromatic amines is 1. The number of ether oxygens (including phenoxy) is 1. The van der Waals surface area contributed by atoms with Crippen LogP contribution in [0.2, 0.25) is 0 Å². The van der Waals surface area contributed by atoms with Crippen LogP contribution in [-0.2, 0) is 9.53 Å². The molecular formula is C19H20BrN3O3S. The van der Waals surface area contributed by atoms with Crippen molar-refractivity contribution in [3.05, 3.63) is 61.5 Å². The molecule has 3 rings (SSSR count). The van der Waals surface area contributed by atoms with Crippen molar-refractivity contribution in [2.75, 3.05) is 11.6 Å². The topological polar surface area (TPSA) is 84.1 Å². The van der Waals surface area contributed by atoms with E-state index in [0.29, 0.717) is 27.8 Å². The largest absolute Gasteiger partial charge is 0.460 e. The molecule has 0 radical (unpaired) electrons. The lowest BCUT2D eigenvalue weighted by molar-refractivity contribution is -0.143. The van der Waals surface area contributed by atoms with E-state index in [0.717, 1.165) is 10.0 Å². The van der Waals surface area contributed by atoms with Crippen LogP contribution in [0.5, 0.6) is 0 Å². The van der Waals surface area contributed by atoms with Crippen LogP contribution in [0, 0.1) is 0 Å². The smallest absolute Gasteiger partial charge is 0.337 e. The zero-order chi connectivity index (χ0) is 19.7. The van der Waals surface area contributed by atoms with Crippen LogP contribution in [0.15, 0.2) is 50.0 Å². The number of nitrogens with zero attached hydrogens (tertiary/aromatic N) is 1. The maximum Gasteiger partial charge on any atom is 0.337 e. The Balaban J connectivity index is 2.25. The third-order valence-corrected chi connectivity index (χ3v) is 5.23. The SMILES string of the molecule is CSc1nc2c(c(=O)[nH]1)C(c1cccc(Br)c1)C(C(=O)OC(C)C)=C(C)N2. The molecule has 8 heteroatoms. The number of thioether (sulfide) groups is 1. The van der Waals surface area contributed by atoms with E-state index in [9.17, 15) is 9.59 Å². The number of rotatable bonds is 4. The first-order chi connectivity index (χ1) is 12.8. The second-order valence-corrected chi connectivity index (χ2v) is 8.15. The van der Waals surface area contributed by atoms with Gasteiger partial charge < -0.3 is 15.0 Å². The Labute approximate surface area is 169 Å². The van der Waals surface area contributed by atoms with Gasteiger partial charge in [-0.3, -0.25) is 4.79 Å². The number of fused-ring (bicyclic) bond motifs is 1. The second-order valence-electron chi connectivity index (χ2n) is 6.44. The number of nitrogens with one attached hydrogen (secondary N) is 2. The lowest BCUT2D eigenvalue weighted by Gasteiger charge is -2.29. The van der Waals surface area contributed by atoms with Crippen LogP contribution in [0.1, 0.15) is 37.8 Å². The summed E-state index contributed by atoms with van der Waals surface area (Å²) in [5.74, 6) is -0.553. The molecule has 0 bridgehead atoms. The van der Waals surface area contributed by atoms with Crippen LogP contribution in [0.3, 0.4) is 0 Å². The monoisotopic (exact) mass is 449 g/mol. The van der Waals surface area contributed by atoms with Gasteiger partial charge in [0, 0.05) is 10.2 Å². The molecule has 142 valence electrons. The van der Waals surface area contributed by atoms with Crippen molar-refractivity contribution in [1.82, 2.24) is 9.97 Å². The Bertz CT molecular complexity index is 984. The molecule has 1 unspecified atom stereocenters. The summed E-state index contributed by atoms with van der Waals surface area (Å²) >= 11 is 4.82. The molecule has 0 spiro atoms. The van der Waals surface area contributed by atoms with Crippen molar-refractivity contribution in [2.24, 2.45) is 0 Å². The molecule has 2 N–H and O–H groups in total. The molecule has 0 fully saturated rings. The number of carbonyl (C=O) groups is 1. The lowest BCUT2D eigenvalue weighted by Crippen LogP contribution is -2.31. The van der Waals surface area contributed by atoms with Gasteiger partial charge in [0.25, 0.3) is 5.56 Å². The van der Waals surface area contributed by atoms with E-state index in [4.69, 9.17) is 4.74 Å². The van der Waals surface area contributed by atoms with E-state index in [2.05, 4.69) is 31.2 Å². The number of carbonyl (C=O) groups excluding carboxylic acids is 1. The molecule has 1 atom stereocenters. The van der Waals surface area contributed by atoms with Crippen LogP contribution < -0.4 is 10.9 Å². The molecule has 1 aliphatic heterocycles. The Morgan fingerprint density at radius 3 is 2.74 bits per heavy atom. The van der Waals surface area contributed by atoms with E-state index < -0.39 is 11.9 Å². The molecule has 27 heavy (non-hydrogen) atoms. The first-order valence-electron chi connectivity index (χ1n) is 8.44. The number of allylic oxidation sites excluding steroid dienone is 1. The Morgan fingerprint density at radius 1 is 1.37 bits per heavy atom. The fourth-order valence-corrected chi connectivity index (χ4v) is 3.89. The lowest BCUT2D eigenvalue weighted by atomic mass is 9.82. The summed E-state index contributed by atoms with van der Waals surface area (Å²) in [6.45, 7) is 5.39. The number of hydrogen-bond acceptors (Lipinski definition) is 6. The van der Waals surface area contributed by atoms with Gasteiger partial charge in [-0.15, -0.1) is 0 Å². The third kappa shape index (κ3) is 3.96. The van der Waals surface area contributed by atoms with Crippen molar-refractivity contribution in [3.63, 3.8) is 0 Å². The summed E-state index contributed by atoms with van der Waals surface area (Å²) in [6.07, 6.45) is 1.57. The normalized spacial score (nSPS) is 16.1.